The first kappa shape index (κ1) is 21.2. The molecule has 1 atom stereocenters. The standard InChI is InChI=1S/C21H24N4O5/c1-4-29-21(28)18-17-19(30-24-18)23-14(3)25(20(17)27)12-16(26)22-13(2)10-11-15-8-6-5-7-9-15/h5-9,13H,4,10-12H2,1-3H3,(H,22,26). The molecule has 3 rings (SSSR count). The molecular weight excluding hydrogens is 388 g/mol. The lowest BCUT2D eigenvalue weighted by Gasteiger charge is -2.15. The van der Waals surface area contributed by atoms with E-state index in [1.165, 1.54) is 10.1 Å². The monoisotopic (exact) mass is 412 g/mol. The summed E-state index contributed by atoms with van der Waals surface area (Å²) in [5.74, 6) is -0.813. The van der Waals surface area contributed by atoms with Crippen molar-refractivity contribution in [3.8, 4) is 0 Å². The van der Waals surface area contributed by atoms with Crippen LogP contribution in [0.15, 0.2) is 39.6 Å². The fourth-order valence-electron chi connectivity index (χ4n) is 3.13. The summed E-state index contributed by atoms with van der Waals surface area (Å²) in [6, 6.07) is 9.92. The van der Waals surface area contributed by atoms with E-state index in [-0.39, 0.29) is 47.7 Å². The number of benzene rings is 1. The van der Waals surface area contributed by atoms with Crippen molar-refractivity contribution in [3.05, 3.63) is 57.8 Å². The number of nitrogens with zero attached hydrogens (tertiary/aromatic N) is 3. The molecule has 3 aromatic rings. The molecule has 1 unspecified atom stereocenters. The first-order valence-electron chi connectivity index (χ1n) is 9.78. The van der Waals surface area contributed by atoms with Gasteiger partial charge in [-0.05, 0) is 39.2 Å². The summed E-state index contributed by atoms with van der Waals surface area (Å²) in [5.41, 5.74) is 0.316. The van der Waals surface area contributed by atoms with E-state index in [1.54, 1.807) is 13.8 Å². The number of rotatable bonds is 8. The van der Waals surface area contributed by atoms with Crippen LogP contribution in [-0.4, -0.2) is 39.2 Å². The van der Waals surface area contributed by atoms with Gasteiger partial charge in [-0.1, -0.05) is 35.5 Å². The molecule has 1 amide bonds. The lowest BCUT2D eigenvalue weighted by atomic mass is 10.1. The largest absolute Gasteiger partial charge is 0.461 e. The van der Waals surface area contributed by atoms with E-state index < -0.39 is 11.5 Å². The van der Waals surface area contributed by atoms with Gasteiger partial charge in [-0.25, -0.2) is 4.79 Å². The van der Waals surface area contributed by atoms with Gasteiger partial charge in [0, 0.05) is 6.04 Å². The molecule has 0 saturated carbocycles. The van der Waals surface area contributed by atoms with Crippen LogP contribution in [-0.2, 0) is 22.5 Å². The molecule has 158 valence electrons. The number of aryl methyl sites for hydroxylation is 2. The van der Waals surface area contributed by atoms with Crippen molar-refractivity contribution in [2.45, 2.75) is 46.2 Å². The van der Waals surface area contributed by atoms with Crippen molar-refractivity contribution in [1.29, 1.82) is 0 Å². The summed E-state index contributed by atoms with van der Waals surface area (Å²) in [6.07, 6.45) is 1.60. The second kappa shape index (κ2) is 9.34. The Balaban J connectivity index is 1.73. The Bertz CT molecular complexity index is 1100. The van der Waals surface area contributed by atoms with Crippen LogP contribution in [0.5, 0.6) is 0 Å². The fraction of sp³-hybridized carbons (Fsp3) is 0.381. The second-order valence-corrected chi connectivity index (χ2v) is 6.97. The second-order valence-electron chi connectivity index (χ2n) is 6.97. The molecule has 0 aliphatic carbocycles. The lowest BCUT2D eigenvalue weighted by molar-refractivity contribution is -0.122. The van der Waals surface area contributed by atoms with Gasteiger partial charge in [0.25, 0.3) is 11.3 Å². The van der Waals surface area contributed by atoms with Gasteiger partial charge in [0.05, 0.1) is 6.61 Å². The van der Waals surface area contributed by atoms with Crippen LogP contribution in [0.2, 0.25) is 0 Å². The molecule has 1 N–H and O–H groups in total. The van der Waals surface area contributed by atoms with E-state index in [2.05, 4.69) is 15.5 Å². The van der Waals surface area contributed by atoms with E-state index in [4.69, 9.17) is 9.26 Å². The minimum Gasteiger partial charge on any atom is -0.461 e. The number of ether oxygens (including phenoxy) is 1. The molecule has 0 radical (unpaired) electrons. The number of hydrogen-bond donors (Lipinski definition) is 1. The summed E-state index contributed by atoms with van der Waals surface area (Å²) in [4.78, 5) is 41.6. The average molecular weight is 412 g/mol. The molecular formula is C21H24N4O5. The van der Waals surface area contributed by atoms with Gasteiger partial charge in [0.1, 0.15) is 17.8 Å². The van der Waals surface area contributed by atoms with Crippen LogP contribution in [0, 0.1) is 6.92 Å². The van der Waals surface area contributed by atoms with E-state index >= 15 is 0 Å². The topological polar surface area (TPSA) is 116 Å². The Morgan fingerprint density at radius 3 is 2.70 bits per heavy atom. The quantitative estimate of drug-likeness (QED) is 0.563. The Morgan fingerprint density at radius 1 is 1.27 bits per heavy atom. The molecule has 0 bridgehead atoms. The molecule has 1 aromatic carbocycles. The molecule has 30 heavy (non-hydrogen) atoms. The first-order chi connectivity index (χ1) is 14.4. The van der Waals surface area contributed by atoms with E-state index in [9.17, 15) is 14.4 Å². The number of fused-ring (bicyclic) bond motifs is 1. The normalized spacial score (nSPS) is 12.0. The maximum atomic E-state index is 12.9. The third-order valence-corrected chi connectivity index (χ3v) is 4.67. The van der Waals surface area contributed by atoms with E-state index in [1.807, 2.05) is 37.3 Å². The van der Waals surface area contributed by atoms with Crippen LogP contribution in [0.25, 0.3) is 11.1 Å². The zero-order valence-electron chi connectivity index (χ0n) is 17.2. The van der Waals surface area contributed by atoms with Crippen LogP contribution < -0.4 is 10.9 Å². The van der Waals surface area contributed by atoms with Gasteiger partial charge in [0.2, 0.25) is 11.6 Å². The van der Waals surface area contributed by atoms with Gasteiger partial charge in [-0.3, -0.25) is 14.2 Å². The van der Waals surface area contributed by atoms with Gasteiger partial charge < -0.3 is 14.6 Å². The number of carbonyl (C=O) groups is 2. The zero-order valence-corrected chi connectivity index (χ0v) is 17.2. The van der Waals surface area contributed by atoms with Crippen LogP contribution >= 0.6 is 0 Å². The van der Waals surface area contributed by atoms with E-state index in [0.717, 1.165) is 12.8 Å². The number of carbonyl (C=O) groups excluding carboxylic acids is 2. The maximum Gasteiger partial charge on any atom is 0.361 e. The SMILES string of the molecule is CCOC(=O)c1noc2nc(C)n(CC(=O)NC(C)CCc3ccccc3)c(=O)c12. The Morgan fingerprint density at radius 2 is 2.00 bits per heavy atom. The predicted octanol–water partition coefficient (Wildman–Crippen LogP) is 2.01. The Hall–Kier alpha value is -3.49. The summed E-state index contributed by atoms with van der Waals surface area (Å²) in [7, 11) is 0. The zero-order chi connectivity index (χ0) is 21.7. The molecule has 0 fully saturated rings. The molecule has 0 aliphatic rings. The average Bonchev–Trinajstić information content (AvgIpc) is 3.14. The smallest absolute Gasteiger partial charge is 0.361 e. The third kappa shape index (κ3) is 4.73. The fourth-order valence-corrected chi connectivity index (χ4v) is 3.13. The van der Waals surface area contributed by atoms with Crippen LogP contribution in [0.3, 0.4) is 0 Å². The van der Waals surface area contributed by atoms with Crippen molar-refractivity contribution >= 4 is 23.0 Å². The lowest BCUT2D eigenvalue weighted by Crippen LogP contribution is -2.38. The molecule has 9 nitrogen and oxygen atoms in total. The molecule has 0 saturated heterocycles. The third-order valence-electron chi connectivity index (χ3n) is 4.67. The molecule has 9 heteroatoms. The van der Waals surface area contributed by atoms with Gasteiger partial charge >= 0.3 is 5.97 Å². The molecule has 2 aromatic heterocycles. The molecule has 2 heterocycles. The van der Waals surface area contributed by atoms with E-state index in [0.29, 0.717) is 0 Å². The summed E-state index contributed by atoms with van der Waals surface area (Å²) >= 11 is 0. The van der Waals surface area contributed by atoms with Crippen LogP contribution in [0.1, 0.15) is 42.1 Å². The van der Waals surface area contributed by atoms with Crippen molar-refractivity contribution in [1.82, 2.24) is 20.0 Å². The highest BCUT2D eigenvalue weighted by atomic mass is 16.5. The maximum absolute atomic E-state index is 12.9. The first-order valence-corrected chi connectivity index (χ1v) is 9.78. The number of esters is 1. The minimum absolute atomic E-state index is 0.0616. The van der Waals surface area contributed by atoms with Crippen LogP contribution in [0.4, 0.5) is 0 Å². The summed E-state index contributed by atoms with van der Waals surface area (Å²) in [5, 5.41) is 6.41. The van der Waals surface area contributed by atoms with Crippen molar-refractivity contribution in [2.24, 2.45) is 0 Å². The summed E-state index contributed by atoms with van der Waals surface area (Å²) < 4.78 is 11.1. The van der Waals surface area contributed by atoms with Gasteiger partial charge in [-0.15, -0.1) is 0 Å². The number of nitrogens with one attached hydrogen (secondary N) is 1. The highest BCUT2D eigenvalue weighted by Gasteiger charge is 2.24. The number of aromatic nitrogens is 3. The predicted molar refractivity (Wildman–Crippen MR) is 109 cm³/mol. The van der Waals surface area contributed by atoms with Crippen molar-refractivity contribution in [2.75, 3.05) is 6.61 Å². The Kier molecular flexibility index (Phi) is 6.61. The minimum atomic E-state index is -0.774. The molecule has 0 spiro atoms. The highest BCUT2D eigenvalue weighted by molar-refractivity contribution is 5.99. The number of hydrogen-bond acceptors (Lipinski definition) is 7. The van der Waals surface area contributed by atoms with Crippen molar-refractivity contribution in [3.63, 3.8) is 0 Å². The number of amides is 1. The Labute approximate surface area is 173 Å². The molecule has 0 aliphatic heterocycles. The van der Waals surface area contributed by atoms with Crippen molar-refractivity contribution < 1.29 is 18.8 Å². The summed E-state index contributed by atoms with van der Waals surface area (Å²) in [6.45, 7) is 5.04. The van der Waals surface area contributed by atoms with Gasteiger partial charge in [0.15, 0.2) is 0 Å². The highest BCUT2D eigenvalue weighted by Crippen LogP contribution is 2.14. The van der Waals surface area contributed by atoms with Gasteiger partial charge in [-0.2, -0.15) is 4.98 Å².